The van der Waals surface area contributed by atoms with Crippen LogP contribution in [0.1, 0.15) is 40.4 Å². The number of aromatic nitrogens is 2. The normalized spacial score (nSPS) is 15.9. The van der Waals surface area contributed by atoms with Crippen LogP contribution in [-0.2, 0) is 16.2 Å². The van der Waals surface area contributed by atoms with Gasteiger partial charge in [0.25, 0.3) is 5.91 Å². The Morgan fingerprint density at radius 1 is 1.08 bits per heavy atom. The van der Waals surface area contributed by atoms with Gasteiger partial charge in [0.2, 0.25) is 10.0 Å². The van der Waals surface area contributed by atoms with Gasteiger partial charge in [-0.3, -0.25) is 9.78 Å². The molecular formula is C25H22BrF3N4O3S. The molecule has 194 valence electrons. The smallest absolute Gasteiger partial charge is 0.353 e. The third-order valence-corrected chi connectivity index (χ3v) is 8.63. The lowest BCUT2D eigenvalue weighted by Crippen LogP contribution is -2.37. The van der Waals surface area contributed by atoms with E-state index in [0.29, 0.717) is 31.6 Å². The topological polar surface area (TPSA) is 95.2 Å². The van der Waals surface area contributed by atoms with E-state index in [-0.39, 0.29) is 16.0 Å². The van der Waals surface area contributed by atoms with Gasteiger partial charge in [0.1, 0.15) is 0 Å². The fourth-order valence-corrected chi connectivity index (χ4v) is 6.03. The molecule has 1 saturated heterocycles. The number of pyridine rings is 1. The molecule has 5 rings (SSSR count). The molecule has 1 fully saturated rings. The van der Waals surface area contributed by atoms with Gasteiger partial charge >= 0.3 is 6.18 Å². The SMILES string of the molecule is CS(=O)(=O)N1CCC(c2cc3c(cn2)[nH]c2ccc(NC(=O)c4ccc(Br)c(C(F)(F)F)c4)cc23)CC1. The molecule has 0 atom stereocenters. The molecule has 3 heterocycles. The Bertz CT molecular complexity index is 1630. The molecule has 1 aliphatic heterocycles. The Kier molecular flexibility index (Phi) is 6.53. The molecule has 0 radical (unpaired) electrons. The molecule has 1 amide bonds. The van der Waals surface area contributed by atoms with Crippen LogP contribution in [0.2, 0.25) is 0 Å². The van der Waals surface area contributed by atoms with Crippen LogP contribution in [0.5, 0.6) is 0 Å². The first-order chi connectivity index (χ1) is 17.4. The van der Waals surface area contributed by atoms with Crippen LogP contribution in [-0.4, -0.2) is 47.9 Å². The lowest BCUT2D eigenvalue weighted by molar-refractivity contribution is -0.138. The highest BCUT2D eigenvalue weighted by molar-refractivity contribution is 9.10. The lowest BCUT2D eigenvalue weighted by atomic mass is 9.93. The third-order valence-electron chi connectivity index (χ3n) is 6.64. The van der Waals surface area contributed by atoms with Crippen molar-refractivity contribution in [2.75, 3.05) is 24.7 Å². The molecule has 2 aromatic carbocycles. The Morgan fingerprint density at radius 3 is 2.46 bits per heavy atom. The summed E-state index contributed by atoms with van der Waals surface area (Å²) in [4.78, 5) is 20.6. The minimum absolute atomic E-state index is 0.110. The third kappa shape index (κ3) is 5.23. The van der Waals surface area contributed by atoms with Crippen LogP contribution in [0.3, 0.4) is 0 Å². The van der Waals surface area contributed by atoms with Gasteiger partial charge < -0.3 is 10.3 Å². The van der Waals surface area contributed by atoms with Gasteiger partial charge in [0.05, 0.1) is 23.5 Å². The van der Waals surface area contributed by atoms with E-state index in [1.807, 2.05) is 6.07 Å². The maximum absolute atomic E-state index is 13.2. The van der Waals surface area contributed by atoms with Crippen molar-refractivity contribution < 1.29 is 26.4 Å². The van der Waals surface area contributed by atoms with Crippen LogP contribution in [0.15, 0.2) is 53.1 Å². The Hall–Kier alpha value is -2.96. The standard InChI is InChI=1S/C25H22BrF3N4O3S/c1-37(35,36)33-8-6-14(7-9-33)22-12-18-17-11-16(3-5-21(17)32-23(18)13-30-22)31-24(34)15-2-4-20(26)19(10-15)25(27,28)29/h2-5,10-14,32H,6-9H2,1H3,(H,31,34). The summed E-state index contributed by atoms with van der Waals surface area (Å²) < 4.78 is 64.7. The van der Waals surface area contributed by atoms with Crippen molar-refractivity contribution in [1.29, 1.82) is 0 Å². The molecule has 7 nitrogen and oxygen atoms in total. The van der Waals surface area contributed by atoms with E-state index in [4.69, 9.17) is 0 Å². The average Bonchev–Trinajstić information content (AvgIpc) is 3.20. The van der Waals surface area contributed by atoms with Gasteiger partial charge in [-0.2, -0.15) is 13.2 Å². The Balaban J connectivity index is 1.41. The zero-order chi connectivity index (χ0) is 26.5. The average molecular weight is 595 g/mol. The summed E-state index contributed by atoms with van der Waals surface area (Å²) >= 11 is 2.88. The van der Waals surface area contributed by atoms with Crippen LogP contribution < -0.4 is 5.32 Å². The molecule has 37 heavy (non-hydrogen) atoms. The molecule has 0 aliphatic carbocycles. The van der Waals surface area contributed by atoms with Gasteiger partial charge in [-0.1, -0.05) is 15.9 Å². The van der Waals surface area contributed by atoms with Crippen molar-refractivity contribution >= 4 is 59.4 Å². The van der Waals surface area contributed by atoms with Crippen molar-refractivity contribution in [1.82, 2.24) is 14.3 Å². The number of rotatable bonds is 4. The van der Waals surface area contributed by atoms with Crippen molar-refractivity contribution in [3.63, 3.8) is 0 Å². The minimum atomic E-state index is -4.59. The second-order valence-corrected chi connectivity index (χ2v) is 12.0. The van der Waals surface area contributed by atoms with Crippen LogP contribution in [0, 0.1) is 0 Å². The zero-order valence-corrected chi connectivity index (χ0v) is 22.0. The minimum Gasteiger partial charge on any atom is -0.353 e. The number of anilines is 1. The van der Waals surface area contributed by atoms with E-state index in [1.54, 1.807) is 24.4 Å². The molecule has 0 saturated carbocycles. The molecule has 0 bridgehead atoms. The second-order valence-electron chi connectivity index (χ2n) is 9.12. The van der Waals surface area contributed by atoms with Gasteiger partial charge in [0.15, 0.2) is 0 Å². The van der Waals surface area contributed by atoms with E-state index in [1.165, 1.54) is 22.7 Å². The van der Waals surface area contributed by atoms with E-state index in [9.17, 15) is 26.4 Å². The summed E-state index contributed by atoms with van der Waals surface area (Å²) in [5, 5.41) is 4.41. The number of sulfonamides is 1. The first-order valence-electron chi connectivity index (χ1n) is 11.4. The van der Waals surface area contributed by atoms with Crippen molar-refractivity contribution in [2.45, 2.75) is 24.9 Å². The molecule has 12 heteroatoms. The van der Waals surface area contributed by atoms with Crippen LogP contribution in [0.25, 0.3) is 21.8 Å². The number of aromatic amines is 1. The maximum Gasteiger partial charge on any atom is 0.417 e. The quantitative estimate of drug-likeness (QED) is 0.308. The largest absolute Gasteiger partial charge is 0.417 e. The fourth-order valence-electron chi connectivity index (χ4n) is 4.69. The predicted molar refractivity (Wildman–Crippen MR) is 139 cm³/mol. The first-order valence-corrected chi connectivity index (χ1v) is 14.1. The molecular weight excluding hydrogens is 573 g/mol. The molecule has 1 aliphatic rings. The number of alkyl halides is 3. The molecule has 0 spiro atoms. The number of piperidine rings is 1. The van der Waals surface area contributed by atoms with Gasteiger partial charge in [0, 0.05) is 56.7 Å². The number of amides is 1. The van der Waals surface area contributed by atoms with Gasteiger partial charge in [-0.15, -0.1) is 0 Å². The number of halogens is 4. The van der Waals surface area contributed by atoms with Gasteiger partial charge in [-0.25, -0.2) is 12.7 Å². The summed E-state index contributed by atoms with van der Waals surface area (Å²) in [5.41, 5.74) is 1.90. The summed E-state index contributed by atoms with van der Waals surface area (Å²) in [6.45, 7) is 0.888. The number of carbonyl (C=O) groups excluding carboxylic acids is 1. The number of H-pyrrole nitrogens is 1. The highest BCUT2D eigenvalue weighted by Crippen LogP contribution is 2.36. The monoisotopic (exact) mass is 594 g/mol. The zero-order valence-electron chi connectivity index (χ0n) is 19.6. The second kappa shape index (κ2) is 9.41. The van der Waals surface area contributed by atoms with Crippen LogP contribution in [0.4, 0.5) is 18.9 Å². The first kappa shape index (κ1) is 25.7. The maximum atomic E-state index is 13.2. The summed E-state index contributed by atoms with van der Waals surface area (Å²) in [6, 6.07) is 10.6. The highest BCUT2D eigenvalue weighted by Gasteiger charge is 2.33. The predicted octanol–water partition coefficient (Wildman–Crippen LogP) is 5.89. The van der Waals surface area contributed by atoms with E-state index >= 15 is 0 Å². The Labute approximate surface area is 219 Å². The molecule has 4 aromatic rings. The number of benzene rings is 2. The molecule has 2 aromatic heterocycles. The van der Waals surface area contributed by atoms with Crippen molar-refractivity contribution in [3.8, 4) is 0 Å². The van der Waals surface area contributed by atoms with Crippen molar-refractivity contribution in [2.24, 2.45) is 0 Å². The summed E-state index contributed by atoms with van der Waals surface area (Å²) in [6.07, 6.45) is -0.297. The lowest BCUT2D eigenvalue weighted by Gasteiger charge is -2.29. The van der Waals surface area contributed by atoms with Crippen LogP contribution >= 0.6 is 15.9 Å². The highest BCUT2D eigenvalue weighted by atomic mass is 79.9. The van der Waals surface area contributed by atoms with E-state index in [2.05, 4.69) is 31.2 Å². The van der Waals surface area contributed by atoms with E-state index < -0.39 is 27.7 Å². The van der Waals surface area contributed by atoms with Crippen molar-refractivity contribution in [3.05, 3.63) is 70.0 Å². The molecule has 2 N–H and O–H groups in total. The fraction of sp³-hybridized carbons (Fsp3) is 0.280. The van der Waals surface area contributed by atoms with Gasteiger partial charge in [-0.05, 0) is 55.3 Å². The molecule has 0 unspecified atom stereocenters. The number of nitrogens with zero attached hydrogens (tertiary/aromatic N) is 2. The number of nitrogens with one attached hydrogen (secondary N) is 2. The summed E-state index contributed by atoms with van der Waals surface area (Å²) in [5.74, 6) is -0.535. The number of hydrogen-bond acceptors (Lipinski definition) is 4. The summed E-state index contributed by atoms with van der Waals surface area (Å²) in [7, 11) is -3.22. The Morgan fingerprint density at radius 2 is 1.78 bits per heavy atom. The van der Waals surface area contributed by atoms with E-state index in [0.717, 1.165) is 33.6 Å². The number of hydrogen-bond donors (Lipinski definition) is 2. The number of fused-ring (bicyclic) bond motifs is 3. The number of carbonyl (C=O) groups is 1.